The van der Waals surface area contributed by atoms with Crippen molar-refractivity contribution in [3.63, 3.8) is 0 Å². The first kappa shape index (κ1) is 13.7. The van der Waals surface area contributed by atoms with Crippen molar-refractivity contribution in [1.29, 1.82) is 0 Å². The zero-order valence-corrected chi connectivity index (χ0v) is 12.8. The number of aromatic nitrogens is 1. The van der Waals surface area contributed by atoms with Gasteiger partial charge >= 0.3 is 6.09 Å². The summed E-state index contributed by atoms with van der Waals surface area (Å²) in [6.07, 6.45) is 2.54. The van der Waals surface area contributed by atoms with Crippen molar-refractivity contribution in [3.8, 4) is 0 Å². The molecule has 0 spiro atoms. The molecule has 3 aliphatic rings. The molecule has 1 aliphatic carbocycles. The highest BCUT2D eigenvalue weighted by Gasteiger charge is 2.71. The Bertz CT molecular complexity index is 543. The van der Waals surface area contributed by atoms with Crippen molar-refractivity contribution in [2.45, 2.75) is 32.7 Å². The Balaban J connectivity index is 2.02. The van der Waals surface area contributed by atoms with E-state index >= 15 is 0 Å². The quantitative estimate of drug-likeness (QED) is 0.785. The van der Waals surface area contributed by atoms with Gasteiger partial charge < -0.3 is 4.74 Å². The summed E-state index contributed by atoms with van der Waals surface area (Å²) in [5.74, 6) is 0.516. The van der Waals surface area contributed by atoms with Crippen LogP contribution in [0.15, 0.2) is 18.3 Å². The number of halogens is 1. The minimum Gasteiger partial charge on any atom is -0.450 e. The molecule has 1 amide bonds. The predicted octanol–water partition coefficient (Wildman–Crippen LogP) is 3.45. The lowest BCUT2D eigenvalue weighted by molar-refractivity contribution is -0.0442. The molecule has 2 aliphatic heterocycles. The van der Waals surface area contributed by atoms with Crippen molar-refractivity contribution in [2.24, 2.45) is 11.3 Å². The van der Waals surface area contributed by atoms with Crippen LogP contribution in [0.25, 0.3) is 0 Å². The molecule has 4 nitrogen and oxygen atoms in total. The second-order valence-corrected chi connectivity index (χ2v) is 6.55. The predicted molar refractivity (Wildman–Crippen MR) is 76.5 cm³/mol. The SMILES string of the molecule is CCOC(=O)N1CC2CC1(c1ccc(Cl)nc1)C2(C)C. The molecule has 1 aromatic heterocycles. The molecule has 2 unspecified atom stereocenters. The third kappa shape index (κ3) is 1.54. The number of rotatable bonds is 2. The molecule has 2 bridgehead atoms. The first-order chi connectivity index (χ1) is 9.43. The molecule has 0 radical (unpaired) electrons. The molecule has 2 saturated heterocycles. The van der Waals surface area contributed by atoms with Crippen molar-refractivity contribution in [3.05, 3.63) is 29.0 Å². The van der Waals surface area contributed by atoms with E-state index in [1.54, 1.807) is 12.3 Å². The van der Waals surface area contributed by atoms with Crippen LogP contribution in [0.3, 0.4) is 0 Å². The van der Waals surface area contributed by atoms with Crippen LogP contribution in [-0.4, -0.2) is 29.1 Å². The van der Waals surface area contributed by atoms with Crippen LogP contribution in [-0.2, 0) is 10.3 Å². The maximum atomic E-state index is 12.3. The smallest absolute Gasteiger partial charge is 0.410 e. The molecule has 3 fully saturated rings. The molecule has 0 N–H and O–H groups in total. The summed E-state index contributed by atoms with van der Waals surface area (Å²) >= 11 is 5.88. The summed E-state index contributed by atoms with van der Waals surface area (Å²) in [6.45, 7) is 7.42. The standard InChI is InChI=1S/C15H19ClN2O2/c1-4-20-13(19)18-9-11-7-15(18,14(11,2)3)10-5-6-12(16)17-8-10/h5-6,8,11H,4,7,9H2,1-3H3. The largest absolute Gasteiger partial charge is 0.450 e. The first-order valence-corrected chi connectivity index (χ1v) is 7.37. The Morgan fingerprint density at radius 1 is 1.55 bits per heavy atom. The highest BCUT2D eigenvalue weighted by atomic mass is 35.5. The lowest BCUT2D eigenvalue weighted by Crippen LogP contribution is -2.58. The second kappa shape index (κ2) is 4.35. The van der Waals surface area contributed by atoms with Crippen molar-refractivity contribution >= 4 is 17.7 Å². The van der Waals surface area contributed by atoms with Gasteiger partial charge in [0, 0.05) is 12.7 Å². The minimum atomic E-state index is -0.304. The second-order valence-electron chi connectivity index (χ2n) is 6.16. The van der Waals surface area contributed by atoms with Gasteiger partial charge in [-0.1, -0.05) is 31.5 Å². The normalized spacial score (nSPS) is 30.0. The van der Waals surface area contributed by atoms with Crippen molar-refractivity contribution < 1.29 is 9.53 Å². The third-order valence-electron chi connectivity index (χ3n) is 5.19. The van der Waals surface area contributed by atoms with Crippen molar-refractivity contribution in [2.75, 3.05) is 13.2 Å². The number of pyridine rings is 1. The van der Waals surface area contributed by atoms with Gasteiger partial charge in [-0.25, -0.2) is 9.78 Å². The average Bonchev–Trinajstić information content (AvgIpc) is 2.92. The number of amides is 1. The van der Waals surface area contributed by atoms with E-state index in [9.17, 15) is 4.79 Å². The summed E-state index contributed by atoms with van der Waals surface area (Å²) in [6, 6.07) is 3.77. The van der Waals surface area contributed by atoms with Gasteiger partial charge in [-0.2, -0.15) is 0 Å². The van der Waals surface area contributed by atoms with Gasteiger partial charge in [-0.15, -0.1) is 0 Å². The average molecular weight is 295 g/mol. The van der Waals surface area contributed by atoms with E-state index in [1.165, 1.54) is 0 Å². The molecule has 5 heteroatoms. The molecule has 20 heavy (non-hydrogen) atoms. The summed E-state index contributed by atoms with van der Waals surface area (Å²) < 4.78 is 5.23. The number of ether oxygens (including phenoxy) is 1. The van der Waals surface area contributed by atoms with Gasteiger partial charge in [0.2, 0.25) is 0 Å². The van der Waals surface area contributed by atoms with Crippen LogP contribution in [0.2, 0.25) is 5.15 Å². The maximum absolute atomic E-state index is 12.3. The van der Waals surface area contributed by atoms with Crippen LogP contribution in [0.5, 0.6) is 0 Å². The molecule has 2 atom stereocenters. The lowest BCUT2D eigenvalue weighted by Gasteiger charge is -2.55. The maximum Gasteiger partial charge on any atom is 0.410 e. The molecular weight excluding hydrogens is 276 g/mol. The van der Waals surface area contributed by atoms with E-state index in [4.69, 9.17) is 16.3 Å². The molecular formula is C15H19ClN2O2. The topological polar surface area (TPSA) is 42.4 Å². The number of hydrogen-bond acceptors (Lipinski definition) is 3. The molecule has 4 rings (SSSR count). The van der Waals surface area contributed by atoms with Crippen LogP contribution < -0.4 is 0 Å². The van der Waals surface area contributed by atoms with E-state index < -0.39 is 0 Å². The minimum absolute atomic E-state index is 0.0370. The number of hydrogen-bond donors (Lipinski definition) is 0. The fourth-order valence-corrected chi connectivity index (χ4v) is 4.02. The van der Waals surface area contributed by atoms with Crippen LogP contribution in [0.4, 0.5) is 4.79 Å². The zero-order valence-electron chi connectivity index (χ0n) is 12.0. The van der Waals surface area contributed by atoms with Gasteiger partial charge in [0.15, 0.2) is 0 Å². The van der Waals surface area contributed by atoms with Gasteiger partial charge in [0.05, 0.1) is 12.1 Å². The Morgan fingerprint density at radius 3 is 2.85 bits per heavy atom. The summed E-state index contributed by atoms with van der Waals surface area (Å²) in [4.78, 5) is 18.3. The number of nitrogens with zero attached hydrogens (tertiary/aromatic N) is 2. The number of carbonyl (C=O) groups is 1. The Morgan fingerprint density at radius 2 is 2.30 bits per heavy atom. The monoisotopic (exact) mass is 294 g/mol. The summed E-state index contributed by atoms with van der Waals surface area (Å²) in [7, 11) is 0. The fourth-order valence-electron chi connectivity index (χ4n) is 3.91. The van der Waals surface area contributed by atoms with E-state index in [2.05, 4.69) is 18.8 Å². The van der Waals surface area contributed by atoms with Gasteiger partial charge in [0.1, 0.15) is 5.15 Å². The van der Waals surface area contributed by atoms with Gasteiger partial charge in [-0.3, -0.25) is 4.90 Å². The van der Waals surface area contributed by atoms with Gasteiger partial charge in [-0.05, 0) is 36.3 Å². The van der Waals surface area contributed by atoms with E-state index in [-0.39, 0.29) is 17.0 Å². The van der Waals surface area contributed by atoms with Crippen molar-refractivity contribution in [1.82, 2.24) is 9.88 Å². The zero-order chi connectivity index (χ0) is 14.5. The summed E-state index contributed by atoms with van der Waals surface area (Å²) in [5, 5.41) is 0.472. The molecule has 1 aromatic rings. The first-order valence-electron chi connectivity index (χ1n) is 7.00. The summed E-state index contributed by atoms with van der Waals surface area (Å²) in [5.41, 5.74) is 0.783. The molecule has 3 heterocycles. The third-order valence-corrected chi connectivity index (χ3v) is 5.41. The lowest BCUT2D eigenvalue weighted by atomic mass is 9.51. The highest BCUT2D eigenvalue weighted by Crippen LogP contribution is 2.68. The van der Waals surface area contributed by atoms with E-state index in [1.807, 2.05) is 17.9 Å². The molecule has 0 aromatic carbocycles. The number of carbonyl (C=O) groups excluding carboxylic acids is 1. The van der Waals surface area contributed by atoms with Gasteiger partial charge in [0.25, 0.3) is 0 Å². The Kier molecular flexibility index (Phi) is 2.98. The number of fused-ring (bicyclic) bond motifs is 1. The van der Waals surface area contributed by atoms with E-state index in [0.29, 0.717) is 17.7 Å². The highest BCUT2D eigenvalue weighted by molar-refractivity contribution is 6.29. The fraction of sp³-hybridized carbons (Fsp3) is 0.600. The molecule has 1 saturated carbocycles. The van der Waals surface area contributed by atoms with Crippen LogP contribution in [0.1, 0.15) is 32.8 Å². The van der Waals surface area contributed by atoms with Crippen LogP contribution >= 0.6 is 11.6 Å². The molecule has 108 valence electrons. The Labute approximate surface area is 124 Å². The van der Waals surface area contributed by atoms with E-state index in [0.717, 1.165) is 18.5 Å². The van der Waals surface area contributed by atoms with Crippen LogP contribution in [0, 0.1) is 11.3 Å². The Hall–Kier alpha value is -1.29.